The van der Waals surface area contributed by atoms with Crippen molar-refractivity contribution < 1.29 is 14.3 Å². The molecule has 0 atom stereocenters. The van der Waals surface area contributed by atoms with Crippen molar-refractivity contribution in [2.24, 2.45) is 0 Å². The van der Waals surface area contributed by atoms with Gasteiger partial charge < -0.3 is 5.11 Å². The Morgan fingerprint density at radius 2 is 2.00 bits per heavy atom. The van der Waals surface area contributed by atoms with Crippen molar-refractivity contribution in [1.82, 2.24) is 0 Å². The van der Waals surface area contributed by atoms with Gasteiger partial charge in [-0.05, 0) is 26.3 Å². The summed E-state index contributed by atoms with van der Waals surface area (Å²) in [5.74, 6) is -1.46. The molecular formula is C11H13FO2. The maximum atomic E-state index is 13.6. The fourth-order valence-electron chi connectivity index (χ4n) is 1.25. The smallest absolute Gasteiger partial charge is 0.313 e. The number of carbonyl (C=O) groups is 1. The highest BCUT2D eigenvalue weighted by Crippen LogP contribution is 2.27. The zero-order valence-corrected chi connectivity index (χ0v) is 8.47. The summed E-state index contributed by atoms with van der Waals surface area (Å²) in [6.45, 7) is 4.61. The Hall–Kier alpha value is -1.38. The summed E-state index contributed by atoms with van der Waals surface area (Å²) in [6.07, 6.45) is 0. The lowest BCUT2D eigenvalue weighted by Crippen LogP contribution is -2.29. The minimum Gasteiger partial charge on any atom is -0.481 e. The van der Waals surface area contributed by atoms with Crippen molar-refractivity contribution >= 4 is 5.97 Å². The molecule has 14 heavy (non-hydrogen) atoms. The molecule has 0 saturated carbocycles. The number of benzene rings is 1. The van der Waals surface area contributed by atoms with E-state index >= 15 is 0 Å². The van der Waals surface area contributed by atoms with Crippen LogP contribution in [0.5, 0.6) is 0 Å². The Labute approximate surface area is 82.4 Å². The zero-order valence-electron chi connectivity index (χ0n) is 8.47. The van der Waals surface area contributed by atoms with Crippen LogP contribution in [-0.4, -0.2) is 11.1 Å². The second-order valence-corrected chi connectivity index (χ2v) is 3.87. The molecule has 3 heteroatoms. The minimum absolute atomic E-state index is 0.227. The van der Waals surface area contributed by atoms with E-state index in [0.29, 0.717) is 5.56 Å². The van der Waals surface area contributed by atoms with Crippen molar-refractivity contribution in [1.29, 1.82) is 0 Å². The quantitative estimate of drug-likeness (QED) is 0.789. The first-order valence-electron chi connectivity index (χ1n) is 4.36. The lowest BCUT2D eigenvalue weighted by Gasteiger charge is -2.20. The fraction of sp³-hybridized carbons (Fsp3) is 0.364. The summed E-state index contributed by atoms with van der Waals surface area (Å²) in [5.41, 5.74) is -0.488. The molecule has 1 aromatic carbocycles. The highest BCUT2D eigenvalue weighted by atomic mass is 19.1. The van der Waals surface area contributed by atoms with E-state index in [2.05, 4.69) is 0 Å². The first kappa shape index (κ1) is 10.7. The first-order chi connectivity index (χ1) is 6.37. The largest absolute Gasteiger partial charge is 0.481 e. The zero-order chi connectivity index (χ0) is 10.9. The van der Waals surface area contributed by atoms with Crippen LogP contribution in [0.2, 0.25) is 0 Å². The third-order valence-corrected chi connectivity index (χ3v) is 2.40. The second kappa shape index (κ2) is 3.40. The summed E-state index contributed by atoms with van der Waals surface area (Å²) in [5, 5.41) is 8.94. The van der Waals surface area contributed by atoms with Gasteiger partial charge in [-0.15, -0.1) is 0 Å². The van der Waals surface area contributed by atoms with Gasteiger partial charge in [-0.3, -0.25) is 4.79 Å². The molecule has 2 nitrogen and oxygen atoms in total. The molecule has 1 N–H and O–H groups in total. The topological polar surface area (TPSA) is 37.3 Å². The predicted molar refractivity (Wildman–Crippen MR) is 51.8 cm³/mol. The average molecular weight is 196 g/mol. The maximum Gasteiger partial charge on any atom is 0.313 e. The standard InChI is InChI=1S/C11H13FO2/c1-7-5-4-6-8(9(7)12)11(2,3)10(13)14/h4-6H,1-3H3,(H,13,14). The fourth-order valence-corrected chi connectivity index (χ4v) is 1.25. The Morgan fingerprint density at radius 1 is 1.43 bits per heavy atom. The van der Waals surface area contributed by atoms with Gasteiger partial charge >= 0.3 is 5.97 Å². The first-order valence-corrected chi connectivity index (χ1v) is 4.36. The van der Waals surface area contributed by atoms with Crippen LogP contribution in [0.3, 0.4) is 0 Å². The van der Waals surface area contributed by atoms with E-state index in [1.807, 2.05) is 0 Å². The Morgan fingerprint density at radius 3 is 2.50 bits per heavy atom. The maximum absolute atomic E-state index is 13.6. The van der Waals surface area contributed by atoms with Gasteiger partial charge in [0.25, 0.3) is 0 Å². The molecule has 0 radical (unpaired) electrons. The van der Waals surface area contributed by atoms with E-state index in [0.717, 1.165) is 0 Å². The van der Waals surface area contributed by atoms with Gasteiger partial charge in [0.05, 0.1) is 5.41 Å². The van der Waals surface area contributed by atoms with Crippen LogP contribution in [0.25, 0.3) is 0 Å². The van der Waals surface area contributed by atoms with Crippen LogP contribution < -0.4 is 0 Å². The Kier molecular flexibility index (Phi) is 2.60. The molecule has 0 aromatic heterocycles. The molecule has 0 heterocycles. The molecule has 1 aromatic rings. The molecule has 0 aliphatic rings. The molecule has 0 aliphatic heterocycles. The van der Waals surface area contributed by atoms with Gasteiger partial charge in [-0.1, -0.05) is 18.2 Å². The molecular weight excluding hydrogens is 183 g/mol. The van der Waals surface area contributed by atoms with Gasteiger partial charge in [0.1, 0.15) is 5.82 Å². The summed E-state index contributed by atoms with van der Waals surface area (Å²) < 4.78 is 13.6. The molecule has 1 rings (SSSR count). The number of halogens is 1. The number of aliphatic carboxylic acids is 1. The number of carboxylic acid groups (broad SMARTS) is 1. The number of carboxylic acids is 1. The summed E-state index contributed by atoms with van der Waals surface area (Å²) in [4.78, 5) is 10.9. The Bertz CT molecular complexity index is 370. The van der Waals surface area contributed by atoms with E-state index in [4.69, 9.17) is 5.11 Å². The van der Waals surface area contributed by atoms with Crippen LogP contribution in [0.15, 0.2) is 18.2 Å². The van der Waals surface area contributed by atoms with E-state index in [9.17, 15) is 9.18 Å². The van der Waals surface area contributed by atoms with E-state index in [1.54, 1.807) is 19.1 Å². The van der Waals surface area contributed by atoms with Crippen LogP contribution in [0.1, 0.15) is 25.0 Å². The van der Waals surface area contributed by atoms with Crippen LogP contribution in [0.4, 0.5) is 4.39 Å². The van der Waals surface area contributed by atoms with Gasteiger partial charge in [0, 0.05) is 5.56 Å². The van der Waals surface area contributed by atoms with E-state index < -0.39 is 17.2 Å². The molecule has 0 bridgehead atoms. The average Bonchev–Trinajstić information content (AvgIpc) is 2.09. The van der Waals surface area contributed by atoms with E-state index in [-0.39, 0.29) is 5.56 Å². The third kappa shape index (κ3) is 1.62. The minimum atomic E-state index is -1.18. The summed E-state index contributed by atoms with van der Waals surface area (Å²) >= 11 is 0. The number of rotatable bonds is 2. The SMILES string of the molecule is Cc1cccc(C(C)(C)C(=O)O)c1F. The van der Waals surface area contributed by atoms with Crippen molar-refractivity contribution in [3.8, 4) is 0 Å². The van der Waals surface area contributed by atoms with Gasteiger partial charge in [-0.25, -0.2) is 4.39 Å². The lowest BCUT2D eigenvalue weighted by atomic mass is 9.83. The third-order valence-electron chi connectivity index (χ3n) is 2.40. The predicted octanol–water partition coefficient (Wildman–Crippen LogP) is 2.50. The van der Waals surface area contributed by atoms with Crippen LogP contribution >= 0.6 is 0 Å². The molecule has 0 spiro atoms. The molecule has 0 amide bonds. The van der Waals surface area contributed by atoms with Gasteiger partial charge in [0.2, 0.25) is 0 Å². The van der Waals surface area contributed by atoms with Crippen molar-refractivity contribution in [2.45, 2.75) is 26.2 Å². The number of hydrogen-bond acceptors (Lipinski definition) is 1. The number of aryl methyl sites for hydroxylation is 1. The highest BCUT2D eigenvalue weighted by Gasteiger charge is 2.32. The highest BCUT2D eigenvalue weighted by molar-refractivity contribution is 5.80. The summed E-state index contributed by atoms with van der Waals surface area (Å²) in [6, 6.07) is 4.80. The van der Waals surface area contributed by atoms with Gasteiger partial charge in [0.15, 0.2) is 0 Å². The molecule has 0 saturated heterocycles. The van der Waals surface area contributed by atoms with Crippen LogP contribution in [-0.2, 0) is 10.2 Å². The molecule has 0 unspecified atom stereocenters. The molecule has 0 aliphatic carbocycles. The van der Waals surface area contributed by atoms with Crippen LogP contribution in [0, 0.1) is 12.7 Å². The van der Waals surface area contributed by atoms with Crippen molar-refractivity contribution in [2.75, 3.05) is 0 Å². The second-order valence-electron chi connectivity index (χ2n) is 3.87. The lowest BCUT2D eigenvalue weighted by molar-refractivity contribution is -0.142. The van der Waals surface area contributed by atoms with Gasteiger partial charge in [-0.2, -0.15) is 0 Å². The van der Waals surface area contributed by atoms with E-state index in [1.165, 1.54) is 19.9 Å². The molecule has 76 valence electrons. The number of hydrogen-bond donors (Lipinski definition) is 1. The summed E-state index contributed by atoms with van der Waals surface area (Å²) in [7, 11) is 0. The normalized spacial score (nSPS) is 11.4. The molecule has 0 fully saturated rings. The Balaban J connectivity index is 3.33. The van der Waals surface area contributed by atoms with Crippen molar-refractivity contribution in [3.63, 3.8) is 0 Å². The monoisotopic (exact) mass is 196 g/mol. The van der Waals surface area contributed by atoms with Crippen molar-refractivity contribution in [3.05, 3.63) is 35.1 Å².